The Kier molecular flexibility index (Phi) is 4.87. The number of halogens is 1. The van der Waals surface area contributed by atoms with Crippen molar-refractivity contribution >= 4 is 11.6 Å². The number of rotatable bonds is 4. The van der Waals surface area contributed by atoms with Crippen LogP contribution in [0.25, 0.3) is 0 Å². The lowest BCUT2D eigenvalue weighted by atomic mass is 9.94. The second-order valence-corrected chi connectivity index (χ2v) is 5.69. The zero-order chi connectivity index (χ0) is 18.5. The number of benzene rings is 2. The monoisotopic (exact) mass is 343 g/mol. The molecule has 0 saturated carbocycles. The molecule has 6 heteroatoms. The lowest BCUT2D eigenvalue weighted by Crippen LogP contribution is -2.07. The molecule has 1 atom stereocenters. The van der Waals surface area contributed by atoms with Crippen LogP contribution < -0.4 is 5.32 Å². The lowest BCUT2D eigenvalue weighted by Gasteiger charge is -2.13. The first-order valence-electron chi connectivity index (χ1n) is 7.86. The van der Waals surface area contributed by atoms with Gasteiger partial charge in [0.05, 0.1) is 23.4 Å². The van der Waals surface area contributed by atoms with Crippen LogP contribution >= 0.6 is 0 Å². The predicted octanol–water partition coefficient (Wildman–Crippen LogP) is 4.19. The van der Waals surface area contributed by atoms with E-state index in [4.69, 9.17) is 5.26 Å². The van der Waals surface area contributed by atoms with Gasteiger partial charge in [-0.3, -0.25) is 0 Å². The van der Waals surface area contributed by atoms with E-state index < -0.39 is 5.92 Å². The maximum Gasteiger partial charge on any atom is 0.227 e. The van der Waals surface area contributed by atoms with Gasteiger partial charge in [-0.2, -0.15) is 10.5 Å². The van der Waals surface area contributed by atoms with E-state index in [0.717, 1.165) is 11.3 Å². The smallest absolute Gasteiger partial charge is 0.227 e. The molecule has 0 aliphatic rings. The summed E-state index contributed by atoms with van der Waals surface area (Å²) < 4.78 is 13.2. The second kappa shape index (κ2) is 7.42. The van der Waals surface area contributed by atoms with E-state index in [0.29, 0.717) is 22.8 Å². The van der Waals surface area contributed by atoms with Crippen LogP contribution in [0, 0.1) is 35.4 Å². The van der Waals surface area contributed by atoms with Crippen molar-refractivity contribution in [1.29, 1.82) is 10.5 Å². The van der Waals surface area contributed by atoms with E-state index in [9.17, 15) is 9.65 Å². The molecule has 0 bridgehead atoms. The molecule has 0 aliphatic heterocycles. The molecule has 1 N–H and O–H groups in total. The number of hydrogen-bond donors (Lipinski definition) is 1. The Balaban J connectivity index is 1.92. The Labute approximate surface area is 150 Å². The highest BCUT2D eigenvalue weighted by atomic mass is 19.1. The van der Waals surface area contributed by atoms with E-state index in [1.807, 2.05) is 6.92 Å². The molecule has 0 fully saturated rings. The Bertz CT molecular complexity index is 998. The number of aromatic nitrogens is 2. The molecule has 0 aliphatic carbocycles. The van der Waals surface area contributed by atoms with E-state index >= 15 is 0 Å². The van der Waals surface area contributed by atoms with Crippen LogP contribution in [0.15, 0.2) is 54.7 Å². The highest BCUT2D eigenvalue weighted by molar-refractivity contribution is 5.55. The van der Waals surface area contributed by atoms with Crippen molar-refractivity contribution in [2.24, 2.45) is 0 Å². The molecule has 126 valence electrons. The zero-order valence-corrected chi connectivity index (χ0v) is 13.9. The third-order valence-corrected chi connectivity index (χ3v) is 3.89. The van der Waals surface area contributed by atoms with Gasteiger partial charge in [0, 0.05) is 11.9 Å². The first kappa shape index (κ1) is 17.1. The van der Waals surface area contributed by atoms with Crippen LogP contribution in [-0.2, 0) is 0 Å². The topological polar surface area (TPSA) is 85.4 Å². The normalized spacial score (nSPS) is 11.2. The molecule has 0 radical (unpaired) electrons. The lowest BCUT2D eigenvalue weighted by molar-refractivity contribution is 0.627. The van der Waals surface area contributed by atoms with Gasteiger partial charge in [-0.25, -0.2) is 14.4 Å². The Morgan fingerprint density at radius 1 is 1.04 bits per heavy atom. The van der Waals surface area contributed by atoms with Crippen molar-refractivity contribution in [3.8, 4) is 12.1 Å². The fourth-order valence-electron chi connectivity index (χ4n) is 2.51. The number of aryl methyl sites for hydroxylation is 1. The largest absolute Gasteiger partial charge is 0.324 e. The highest BCUT2D eigenvalue weighted by Crippen LogP contribution is 2.26. The molecule has 0 spiro atoms. The molecule has 3 rings (SSSR count). The molecule has 0 saturated heterocycles. The number of hydrogen-bond acceptors (Lipinski definition) is 5. The van der Waals surface area contributed by atoms with Crippen LogP contribution in [0.2, 0.25) is 0 Å². The first-order chi connectivity index (χ1) is 12.6. The number of nitrogens with one attached hydrogen (secondary N) is 1. The molecule has 1 unspecified atom stereocenters. The van der Waals surface area contributed by atoms with Gasteiger partial charge >= 0.3 is 0 Å². The number of nitriles is 2. The van der Waals surface area contributed by atoms with E-state index in [1.165, 1.54) is 12.1 Å². The average molecular weight is 343 g/mol. The van der Waals surface area contributed by atoms with Crippen molar-refractivity contribution < 1.29 is 4.39 Å². The molecule has 0 amide bonds. The molecule has 3 aromatic rings. The van der Waals surface area contributed by atoms with Crippen LogP contribution in [0.1, 0.15) is 28.3 Å². The van der Waals surface area contributed by atoms with Crippen molar-refractivity contribution in [1.82, 2.24) is 9.97 Å². The fraction of sp³-hybridized carbons (Fsp3) is 0.100. The van der Waals surface area contributed by atoms with Gasteiger partial charge in [-0.05, 0) is 54.4 Å². The van der Waals surface area contributed by atoms with Crippen molar-refractivity contribution in [2.45, 2.75) is 12.8 Å². The standard InChI is InChI=1S/C20H14FN5/c1-13-12-24-20(25-17-8-2-14(10-22)3-9-17)26-19(13)18(11-23)15-4-6-16(21)7-5-15/h2-9,12,18H,1H3,(H,24,25,26). The highest BCUT2D eigenvalue weighted by Gasteiger charge is 2.18. The zero-order valence-electron chi connectivity index (χ0n) is 13.9. The molecule has 1 heterocycles. The van der Waals surface area contributed by atoms with Crippen molar-refractivity contribution in [3.05, 3.63) is 82.9 Å². The van der Waals surface area contributed by atoms with Gasteiger partial charge < -0.3 is 5.32 Å². The van der Waals surface area contributed by atoms with Gasteiger partial charge in [0.25, 0.3) is 0 Å². The van der Waals surface area contributed by atoms with Crippen LogP contribution in [0.4, 0.5) is 16.0 Å². The first-order valence-corrected chi connectivity index (χ1v) is 7.86. The molecule has 1 aromatic heterocycles. The summed E-state index contributed by atoms with van der Waals surface area (Å²) in [6, 6.07) is 17.0. The summed E-state index contributed by atoms with van der Waals surface area (Å²) >= 11 is 0. The molecular formula is C20H14FN5. The fourth-order valence-corrected chi connectivity index (χ4v) is 2.51. The quantitative estimate of drug-likeness (QED) is 0.767. The van der Waals surface area contributed by atoms with Crippen molar-refractivity contribution in [2.75, 3.05) is 5.32 Å². The maximum absolute atomic E-state index is 13.2. The predicted molar refractivity (Wildman–Crippen MR) is 95.1 cm³/mol. The molecular weight excluding hydrogens is 329 g/mol. The summed E-state index contributed by atoms with van der Waals surface area (Å²) in [4.78, 5) is 8.72. The summed E-state index contributed by atoms with van der Waals surface area (Å²) in [7, 11) is 0. The van der Waals surface area contributed by atoms with E-state index in [-0.39, 0.29) is 5.82 Å². The van der Waals surface area contributed by atoms with Gasteiger partial charge in [0.2, 0.25) is 5.95 Å². The average Bonchev–Trinajstić information content (AvgIpc) is 2.67. The molecule has 26 heavy (non-hydrogen) atoms. The Hall–Kier alpha value is -3.77. The number of nitrogens with zero attached hydrogens (tertiary/aromatic N) is 4. The van der Waals surface area contributed by atoms with Crippen LogP contribution in [-0.4, -0.2) is 9.97 Å². The van der Waals surface area contributed by atoms with E-state index in [1.54, 1.807) is 42.6 Å². The van der Waals surface area contributed by atoms with Crippen LogP contribution in [0.3, 0.4) is 0 Å². The third kappa shape index (κ3) is 3.66. The van der Waals surface area contributed by atoms with Gasteiger partial charge in [-0.1, -0.05) is 12.1 Å². The minimum absolute atomic E-state index is 0.345. The maximum atomic E-state index is 13.2. The summed E-state index contributed by atoms with van der Waals surface area (Å²) in [5.74, 6) is -0.634. The minimum Gasteiger partial charge on any atom is -0.324 e. The second-order valence-electron chi connectivity index (χ2n) is 5.69. The summed E-state index contributed by atoms with van der Waals surface area (Å²) in [6.45, 7) is 1.83. The summed E-state index contributed by atoms with van der Waals surface area (Å²) in [5, 5.41) is 21.5. The Morgan fingerprint density at radius 3 is 2.35 bits per heavy atom. The SMILES string of the molecule is Cc1cnc(Nc2ccc(C#N)cc2)nc1C(C#N)c1ccc(F)cc1. The van der Waals surface area contributed by atoms with Gasteiger partial charge in [-0.15, -0.1) is 0 Å². The minimum atomic E-state index is -0.625. The Morgan fingerprint density at radius 2 is 1.73 bits per heavy atom. The third-order valence-electron chi connectivity index (χ3n) is 3.89. The van der Waals surface area contributed by atoms with E-state index in [2.05, 4.69) is 27.4 Å². The van der Waals surface area contributed by atoms with Gasteiger partial charge in [0.1, 0.15) is 11.7 Å². The van der Waals surface area contributed by atoms with Gasteiger partial charge in [0.15, 0.2) is 0 Å². The number of anilines is 2. The summed E-state index contributed by atoms with van der Waals surface area (Å²) in [5.41, 5.74) is 3.28. The van der Waals surface area contributed by atoms with Crippen LogP contribution in [0.5, 0.6) is 0 Å². The molecule has 5 nitrogen and oxygen atoms in total. The summed E-state index contributed by atoms with van der Waals surface area (Å²) in [6.07, 6.45) is 1.64. The van der Waals surface area contributed by atoms with Crippen molar-refractivity contribution in [3.63, 3.8) is 0 Å². The molecule has 2 aromatic carbocycles.